The maximum absolute atomic E-state index is 13.3. The molecule has 0 spiro atoms. The minimum atomic E-state index is -3.81. The summed E-state index contributed by atoms with van der Waals surface area (Å²) in [6, 6.07) is 8.47. The Morgan fingerprint density at radius 1 is 1.07 bits per heavy atom. The minimum Gasteiger partial charge on any atom is -0.333 e. The van der Waals surface area contributed by atoms with Crippen LogP contribution in [0.25, 0.3) is 22.3 Å². The van der Waals surface area contributed by atoms with Crippen molar-refractivity contribution in [3.63, 3.8) is 0 Å². The average molecular weight is 401 g/mol. The molecule has 0 radical (unpaired) electrons. The third-order valence-corrected chi connectivity index (χ3v) is 6.40. The number of benzene rings is 1. The third-order valence-electron chi connectivity index (χ3n) is 4.53. The Hall–Kier alpha value is -2.64. The van der Waals surface area contributed by atoms with Gasteiger partial charge in [-0.3, -0.25) is 0 Å². The lowest BCUT2D eigenvalue weighted by molar-refractivity contribution is 0.589. The molecular formula is C19H17ClN4O2S. The van der Waals surface area contributed by atoms with Gasteiger partial charge in [0.15, 0.2) is 5.65 Å². The van der Waals surface area contributed by atoms with Crippen molar-refractivity contribution in [1.29, 1.82) is 0 Å². The highest BCUT2D eigenvalue weighted by Gasteiger charge is 2.24. The molecule has 1 aromatic carbocycles. The van der Waals surface area contributed by atoms with Crippen molar-refractivity contribution >= 4 is 32.7 Å². The molecule has 0 amide bonds. The number of fused-ring (bicyclic) bond motifs is 1. The molecule has 0 unspecified atom stereocenters. The summed E-state index contributed by atoms with van der Waals surface area (Å²) < 4.78 is 29.6. The molecule has 4 rings (SSSR count). The summed E-state index contributed by atoms with van der Waals surface area (Å²) in [6.07, 6.45) is 4.73. The zero-order chi connectivity index (χ0) is 19.3. The maximum atomic E-state index is 13.3. The summed E-state index contributed by atoms with van der Waals surface area (Å²) >= 11 is 6.15. The van der Waals surface area contributed by atoms with Crippen molar-refractivity contribution < 1.29 is 8.42 Å². The van der Waals surface area contributed by atoms with Gasteiger partial charge >= 0.3 is 0 Å². The molecule has 0 N–H and O–H groups in total. The van der Waals surface area contributed by atoms with Gasteiger partial charge in [0.2, 0.25) is 0 Å². The predicted molar refractivity (Wildman–Crippen MR) is 105 cm³/mol. The van der Waals surface area contributed by atoms with E-state index >= 15 is 0 Å². The molecular weight excluding hydrogens is 384 g/mol. The number of pyridine rings is 1. The molecule has 0 saturated heterocycles. The van der Waals surface area contributed by atoms with Crippen molar-refractivity contribution in [1.82, 2.24) is 18.5 Å². The van der Waals surface area contributed by atoms with Crippen LogP contribution in [0.15, 0.2) is 53.9 Å². The lowest BCUT2D eigenvalue weighted by Gasteiger charge is -2.07. The van der Waals surface area contributed by atoms with Crippen LogP contribution >= 0.6 is 11.6 Å². The molecule has 138 valence electrons. The second-order valence-electron chi connectivity index (χ2n) is 6.47. The number of aryl methyl sites for hydroxylation is 3. The van der Waals surface area contributed by atoms with Gasteiger partial charge in [0.1, 0.15) is 0 Å². The molecule has 0 fully saturated rings. The lowest BCUT2D eigenvalue weighted by atomic mass is 10.1. The first kappa shape index (κ1) is 17.8. The van der Waals surface area contributed by atoms with Gasteiger partial charge in [-0.15, -0.1) is 0 Å². The van der Waals surface area contributed by atoms with Crippen LogP contribution in [0.4, 0.5) is 0 Å². The van der Waals surface area contributed by atoms with Gasteiger partial charge < -0.3 is 4.57 Å². The Kier molecular flexibility index (Phi) is 4.09. The van der Waals surface area contributed by atoms with Gasteiger partial charge in [-0.2, -0.15) is 0 Å². The van der Waals surface area contributed by atoms with Crippen LogP contribution in [0.3, 0.4) is 0 Å². The highest BCUT2D eigenvalue weighted by atomic mass is 35.5. The van der Waals surface area contributed by atoms with Gasteiger partial charge in [0, 0.05) is 30.4 Å². The number of aromatic nitrogens is 4. The zero-order valence-corrected chi connectivity index (χ0v) is 16.6. The molecule has 0 atom stereocenters. The molecule has 6 nitrogen and oxygen atoms in total. The van der Waals surface area contributed by atoms with Crippen LogP contribution in [-0.2, 0) is 17.1 Å². The topological polar surface area (TPSA) is 69.8 Å². The molecule has 0 aliphatic heterocycles. The Bertz CT molecular complexity index is 1250. The number of halogens is 1. The first-order valence-corrected chi connectivity index (χ1v) is 10.1. The SMILES string of the molecule is Cc1ccc(S(=O)(=O)n2cc(-c3c(C)ncn3C)c3cc(Cl)cnc32)cc1. The van der Waals surface area contributed by atoms with Gasteiger partial charge in [-0.1, -0.05) is 29.3 Å². The minimum absolute atomic E-state index is 0.204. The van der Waals surface area contributed by atoms with Crippen LogP contribution in [0, 0.1) is 13.8 Å². The number of rotatable bonds is 3. The number of nitrogens with zero attached hydrogens (tertiary/aromatic N) is 4. The van der Waals surface area contributed by atoms with Crippen molar-refractivity contribution in [2.75, 3.05) is 0 Å². The predicted octanol–water partition coefficient (Wildman–Crippen LogP) is 3.94. The van der Waals surface area contributed by atoms with E-state index in [0.717, 1.165) is 17.0 Å². The zero-order valence-electron chi connectivity index (χ0n) is 15.0. The summed E-state index contributed by atoms with van der Waals surface area (Å²) in [7, 11) is -1.94. The normalized spacial score (nSPS) is 12.0. The highest BCUT2D eigenvalue weighted by Crippen LogP contribution is 2.34. The van der Waals surface area contributed by atoms with E-state index in [2.05, 4.69) is 9.97 Å². The Morgan fingerprint density at radius 2 is 1.78 bits per heavy atom. The molecule has 3 aromatic heterocycles. The van der Waals surface area contributed by atoms with E-state index < -0.39 is 10.0 Å². The van der Waals surface area contributed by atoms with Gasteiger partial charge in [0.05, 0.1) is 27.6 Å². The molecule has 0 aliphatic carbocycles. The largest absolute Gasteiger partial charge is 0.333 e. The van der Waals surface area contributed by atoms with E-state index in [1.54, 1.807) is 42.9 Å². The van der Waals surface area contributed by atoms with Gasteiger partial charge in [0.25, 0.3) is 10.0 Å². The standard InChI is InChI=1S/C19H17ClN4O2S/c1-12-4-6-15(7-5-12)27(25,26)24-10-17(18-13(2)22-11-23(18)3)16-8-14(20)9-21-19(16)24/h4-11H,1-3H3. The summed E-state index contributed by atoms with van der Waals surface area (Å²) in [5.74, 6) is 0. The molecule has 27 heavy (non-hydrogen) atoms. The molecule has 3 heterocycles. The Balaban J connectivity index is 2.04. The number of imidazole rings is 1. The smallest absolute Gasteiger partial charge is 0.269 e. The van der Waals surface area contributed by atoms with Gasteiger partial charge in [-0.25, -0.2) is 22.4 Å². The number of hydrogen-bond donors (Lipinski definition) is 0. The fourth-order valence-corrected chi connectivity index (χ4v) is 4.66. The monoisotopic (exact) mass is 400 g/mol. The van der Waals surface area contributed by atoms with E-state index in [0.29, 0.717) is 21.6 Å². The maximum Gasteiger partial charge on any atom is 0.269 e. The average Bonchev–Trinajstić information content (AvgIpc) is 3.15. The Morgan fingerprint density at radius 3 is 2.41 bits per heavy atom. The molecule has 0 bridgehead atoms. The van der Waals surface area contributed by atoms with Gasteiger partial charge in [-0.05, 0) is 32.0 Å². The summed E-state index contributed by atoms with van der Waals surface area (Å²) in [6.45, 7) is 3.79. The van der Waals surface area contributed by atoms with E-state index in [1.807, 2.05) is 25.5 Å². The quantitative estimate of drug-likeness (QED) is 0.522. The van der Waals surface area contributed by atoms with Crippen LogP contribution in [-0.4, -0.2) is 26.9 Å². The van der Waals surface area contributed by atoms with Crippen LogP contribution in [0.2, 0.25) is 5.02 Å². The first-order valence-electron chi connectivity index (χ1n) is 8.26. The fraction of sp³-hybridized carbons (Fsp3) is 0.158. The van der Waals surface area contributed by atoms with Crippen molar-refractivity contribution in [3.05, 3.63) is 65.3 Å². The van der Waals surface area contributed by atoms with E-state index in [4.69, 9.17) is 11.6 Å². The fourth-order valence-electron chi connectivity index (χ4n) is 3.18. The lowest BCUT2D eigenvalue weighted by Crippen LogP contribution is -2.12. The van der Waals surface area contributed by atoms with E-state index in [1.165, 1.54) is 10.2 Å². The molecule has 0 saturated carbocycles. The summed E-state index contributed by atoms with van der Waals surface area (Å²) in [5.41, 5.74) is 3.65. The second kappa shape index (κ2) is 6.21. The third kappa shape index (κ3) is 2.83. The van der Waals surface area contributed by atoms with Crippen molar-refractivity contribution in [2.45, 2.75) is 18.7 Å². The van der Waals surface area contributed by atoms with Crippen LogP contribution in [0.1, 0.15) is 11.3 Å². The first-order chi connectivity index (χ1) is 12.8. The van der Waals surface area contributed by atoms with E-state index in [-0.39, 0.29) is 4.90 Å². The van der Waals surface area contributed by atoms with Crippen molar-refractivity contribution in [2.24, 2.45) is 7.05 Å². The van der Waals surface area contributed by atoms with Crippen LogP contribution in [0.5, 0.6) is 0 Å². The van der Waals surface area contributed by atoms with Crippen molar-refractivity contribution in [3.8, 4) is 11.3 Å². The van der Waals surface area contributed by atoms with E-state index in [9.17, 15) is 8.42 Å². The number of hydrogen-bond acceptors (Lipinski definition) is 4. The highest BCUT2D eigenvalue weighted by molar-refractivity contribution is 7.90. The molecule has 8 heteroatoms. The summed E-state index contributed by atoms with van der Waals surface area (Å²) in [5, 5.41) is 1.10. The molecule has 0 aliphatic rings. The molecule has 4 aromatic rings. The van der Waals surface area contributed by atoms with Crippen LogP contribution < -0.4 is 0 Å². The summed E-state index contributed by atoms with van der Waals surface area (Å²) in [4.78, 5) is 8.82. The Labute approximate surface area is 162 Å². The second-order valence-corrected chi connectivity index (χ2v) is 8.72.